The molecular weight excluding hydrogens is 358 g/mol. The van der Waals surface area contributed by atoms with Crippen LogP contribution in [0.3, 0.4) is 0 Å². The van der Waals surface area contributed by atoms with E-state index in [1.54, 1.807) is 18.3 Å². The van der Waals surface area contributed by atoms with Crippen molar-refractivity contribution in [2.24, 2.45) is 0 Å². The maximum Gasteiger partial charge on any atom is 0.275 e. The van der Waals surface area contributed by atoms with Gasteiger partial charge in [-0.1, -0.05) is 18.2 Å². The number of amides is 2. The normalized spacial score (nSPS) is 10.9. The van der Waals surface area contributed by atoms with Gasteiger partial charge in [0.2, 0.25) is 11.3 Å². The van der Waals surface area contributed by atoms with Crippen LogP contribution < -0.4 is 16.3 Å². The Labute approximate surface area is 159 Å². The smallest absolute Gasteiger partial charge is 0.275 e. The molecule has 8 nitrogen and oxygen atoms in total. The summed E-state index contributed by atoms with van der Waals surface area (Å²) in [6, 6.07) is 10.9. The van der Waals surface area contributed by atoms with Crippen LogP contribution in [0.2, 0.25) is 0 Å². The van der Waals surface area contributed by atoms with Gasteiger partial charge in [-0.05, 0) is 30.7 Å². The minimum Gasteiger partial charge on any atom is -0.361 e. The number of pyridine rings is 2. The van der Waals surface area contributed by atoms with Gasteiger partial charge in [-0.3, -0.25) is 25.2 Å². The molecule has 0 radical (unpaired) electrons. The number of para-hydroxylation sites is 1. The first-order chi connectivity index (χ1) is 13.5. The summed E-state index contributed by atoms with van der Waals surface area (Å²) in [4.78, 5) is 47.2. The summed E-state index contributed by atoms with van der Waals surface area (Å²) in [5.74, 6) is -1.09. The van der Waals surface area contributed by atoms with E-state index in [4.69, 9.17) is 0 Å². The number of nitrogens with one attached hydrogen (secondary N) is 4. The second-order valence-corrected chi connectivity index (χ2v) is 6.42. The van der Waals surface area contributed by atoms with Crippen molar-refractivity contribution in [1.29, 1.82) is 0 Å². The van der Waals surface area contributed by atoms with E-state index >= 15 is 0 Å². The molecule has 0 atom stereocenters. The van der Waals surface area contributed by atoms with Crippen LogP contribution >= 0.6 is 0 Å². The number of nitrogens with zero attached hydrogens (tertiary/aromatic N) is 1. The van der Waals surface area contributed by atoms with Crippen molar-refractivity contribution in [2.75, 3.05) is 0 Å². The van der Waals surface area contributed by atoms with Crippen LogP contribution in [0.1, 0.15) is 21.6 Å². The van der Waals surface area contributed by atoms with E-state index in [9.17, 15) is 14.4 Å². The lowest BCUT2D eigenvalue weighted by molar-refractivity contribution is -0.121. The maximum absolute atomic E-state index is 12.5. The van der Waals surface area contributed by atoms with Gasteiger partial charge in [-0.15, -0.1) is 0 Å². The number of aromatic amines is 2. The van der Waals surface area contributed by atoms with E-state index in [-0.39, 0.29) is 12.0 Å². The first-order valence-electron chi connectivity index (χ1n) is 8.66. The van der Waals surface area contributed by atoms with Crippen LogP contribution in [0, 0.1) is 6.92 Å². The third-order valence-electron chi connectivity index (χ3n) is 4.46. The first kappa shape index (κ1) is 17.5. The summed E-state index contributed by atoms with van der Waals surface area (Å²) >= 11 is 0. The standard InChI is InChI=1S/C20H17N5O3/c1-11-6-7-14-18(27)15(10-22-19(14)23-11)20(28)25-24-17(26)8-12-9-21-16-5-3-2-4-13(12)16/h2-7,9-10,21H,8H2,1H3,(H,24,26)(H,25,28)(H,22,23,27). The zero-order valence-electron chi connectivity index (χ0n) is 15.0. The molecule has 0 spiro atoms. The van der Waals surface area contributed by atoms with Gasteiger partial charge in [-0.25, -0.2) is 4.98 Å². The summed E-state index contributed by atoms with van der Waals surface area (Å²) in [5, 5.41) is 1.25. The van der Waals surface area contributed by atoms with Crippen molar-refractivity contribution in [2.45, 2.75) is 13.3 Å². The predicted molar refractivity (Wildman–Crippen MR) is 105 cm³/mol. The Balaban J connectivity index is 1.46. The molecule has 0 fully saturated rings. The molecule has 140 valence electrons. The fraction of sp³-hybridized carbons (Fsp3) is 0.100. The monoisotopic (exact) mass is 375 g/mol. The zero-order chi connectivity index (χ0) is 19.7. The molecule has 0 aliphatic rings. The number of hydrogen-bond donors (Lipinski definition) is 4. The van der Waals surface area contributed by atoms with E-state index < -0.39 is 17.2 Å². The number of hydrazine groups is 1. The van der Waals surface area contributed by atoms with Gasteiger partial charge in [0.15, 0.2) is 0 Å². The molecule has 28 heavy (non-hydrogen) atoms. The number of rotatable bonds is 3. The third kappa shape index (κ3) is 3.23. The molecule has 0 unspecified atom stereocenters. The van der Waals surface area contributed by atoms with Crippen molar-refractivity contribution in [3.63, 3.8) is 0 Å². The van der Waals surface area contributed by atoms with Crippen LogP contribution in [0.25, 0.3) is 21.9 Å². The number of fused-ring (bicyclic) bond motifs is 2. The highest BCUT2D eigenvalue weighted by atomic mass is 16.2. The second-order valence-electron chi connectivity index (χ2n) is 6.42. The van der Waals surface area contributed by atoms with Gasteiger partial charge in [0.25, 0.3) is 5.91 Å². The molecule has 1 aromatic carbocycles. The highest BCUT2D eigenvalue weighted by Gasteiger charge is 2.15. The van der Waals surface area contributed by atoms with Crippen LogP contribution in [-0.2, 0) is 11.2 Å². The largest absolute Gasteiger partial charge is 0.361 e. The van der Waals surface area contributed by atoms with Crippen LogP contribution in [0.5, 0.6) is 0 Å². The van der Waals surface area contributed by atoms with Crippen LogP contribution in [0.15, 0.2) is 53.6 Å². The van der Waals surface area contributed by atoms with Gasteiger partial charge in [0.1, 0.15) is 11.2 Å². The van der Waals surface area contributed by atoms with Crippen LogP contribution in [-0.4, -0.2) is 26.8 Å². The lowest BCUT2D eigenvalue weighted by Crippen LogP contribution is -2.43. The predicted octanol–water partition coefficient (Wildman–Crippen LogP) is 1.72. The highest BCUT2D eigenvalue weighted by Crippen LogP contribution is 2.17. The summed E-state index contributed by atoms with van der Waals surface area (Å²) in [6.45, 7) is 1.81. The second kappa shape index (κ2) is 6.99. The van der Waals surface area contributed by atoms with E-state index in [1.165, 1.54) is 6.20 Å². The highest BCUT2D eigenvalue weighted by molar-refractivity contribution is 5.98. The lowest BCUT2D eigenvalue weighted by Gasteiger charge is -2.07. The quantitative estimate of drug-likeness (QED) is 0.408. The fourth-order valence-corrected chi connectivity index (χ4v) is 3.06. The Morgan fingerprint density at radius 1 is 1.00 bits per heavy atom. The number of benzene rings is 1. The number of hydrogen-bond acceptors (Lipinski definition) is 4. The molecular formula is C20H17N5O3. The topological polar surface area (TPSA) is 120 Å². The Bertz CT molecular complexity index is 1270. The summed E-state index contributed by atoms with van der Waals surface area (Å²) < 4.78 is 0. The van der Waals surface area contributed by atoms with Gasteiger partial charge in [0, 0.05) is 29.0 Å². The average Bonchev–Trinajstić information content (AvgIpc) is 3.09. The van der Waals surface area contributed by atoms with Gasteiger partial charge < -0.3 is 9.97 Å². The number of aryl methyl sites for hydroxylation is 1. The van der Waals surface area contributed by atoms with Crippen LogP contribution in [0.4, 0.5) is 0 Å². The van der Waals surface area contributed by atoms with Crippen molar-refractivity contribution in [3.8, 4) is 0 Å². The van der Waals surface area contributed by atoms with E-state index in [0.29, 0.717) is 11.0 Å². The molecule has 0 bridgehead atoms. The molecule has 3 aromatic heterocycles. The summed E-state index contributed by atoms with van der Waals surface area (Å²) in [6.07, 6.45) is 3.13. The Hall–Kier alpha value is -3.94. The first-order valence-corrected chi connectivity index (χ1v) is 8.66. The number of H-pyrrole nitrogens is 2. The SMILES string of the molecule is Cc1ccc2c(=O)c(C(=O)NNC(=O)Cc3c[nH]c4ccccc34)c[nH]c2n1. The average molecular weight is 375 g/mol. The number of aromatic nitrogens is 3. The third-order valence-corrected chi connectivity index (χ3v) is 4.46. The number of carbonyl (C=O) groups excluding carboxylic acids is 2. The van der Waals surface area contributed by atoms with Crippen molar-refractivity contribution >= 4 is 33.8 Å². The molecule has 4 N–H and O–H groups in total. The molecule has 0 aliphatic heterocycles. The Morgan fingerprint density at radius 2 is 1.82 bits per heavy atom. The van der Waals surface area contributed by atoms with Gasteiger partial charge in [-0.2, -0.15) is 0 Å². The van der Waals surface area contributed by atoms with Gasteiger partial charge >= 0.3 is 0 Å². The van der Waals surface area contributed by atoms with Crippen molar-refractivity contribution in [1.82, 2.24) is 25.8 Å². The molecule has 4 rings (SSSR count). The minimum absolute atomic E-state index is 0.0849. The maximum atomic E-state index is 12.5. The van der Waals surface area contributed by atoms with Crippen molar-refractivity contribution in [3.05, 3.63) is 75.8 Å². The summed E-state index contributed by atoms with van der Waals surface area (Å²) in [5.41, 5.74) is 6.98. The molecule has 8 heteroatoms. The summed E-state index contributed by atoms with van der Waals surface area (Å²) in [7, 11) is 0. The Kier molecular flexibility index (Phi) is 4.36. The molecule has 0 saturated heterocycles. The lowest BCUT2D eigenvalue weighted by atomic mass is 10.1. The molecule has 0 aliphatic carbocycles. The minimum atomic E-state index is -0.698. The van der Waals surface area contributed by atoms with E-state index in [0.717, 1.165) is 22.2 Å². The molecule has 0 saturated carbocycles. The molecule has 3 heterocycles. The van der Waals surface area contributed by atoms with E-state index in [2.05, 4.69) is 25.8 Å². The Morgan fingerprint density at radius 3 is 2.68 bits per heavy atom. The van der Waals surface area contributed by atoms with Crippen molar-refractivity contribution < 1.29 is 9.59 Å². The van der Waals surface area contributed by atoms with Gasteiger partial charge in [0.05, 0.1) is 11.8 Å². The zero-order valence-corrected chi connectivity index (χ0v) is 15.0. The fourth-order valence-electron chi connectivity index (χ4n) is 3.06. The molecule has 4 aromatic rings. The number of carbonyl (C=O) groups is 2. The molecule has 2 amide bonds. The van der Waals surface area contributed by atoms with E-state index in [1.807, 2.05) is 31.2 Å².